The summed E-state index contributed by atoms with van der Waals surface area (Å²) in [5.74, 6) is 0.838. The highest BCUT2D eigenvalue weighted by molar-refractivity contribution is 7.99. The average Bonchev–Trinajstić information content (AvgIpc) is 2.78. The Morgan fingerprint density at radius 1 is 1.06 bits per heavy atom. The van der Waals surface area contributed by atoms with Gasteiger partial charge in [0.1, 0.15) is 0 Å². The Hall–Kier alpha value is -2.07. The SMILES string of the molecule is CCSc1ccc(Cl)cc1Cn1cnc2cc(CN3CCN(C)CC3)c(C(F)(F)F)cc2c1=O. The van der Waals surface area contributed by atoms with E-state index < -0.39 is 17.3 Å². The fraction of sp³-hybridized carbons (Fsp3) is 0.417. The molecule has 0 saturated carbocycles. The molecule has 0 N–H and O–H groups in total. The predicted octanol–water partition coefficient (Wildman–Crippen LogP) is 4.98. The molecule has 5 nitrogen and oxygen atoms in total. The van der Waals surface area contributed by atoms with E-state index in [9.17, 15) is 18.0 Å². The lowest BCUT2D eigenvalue weighted by Gasteiger charge is -2.33. The van der Waals surface area contributed by atoms with Crippen LogP contribution in [0.25, 0.3) is 10.9 Å². The van der Waals surface area contributed by atoms with Gasteiger partial charge in [-0.15, -0.1) is 11.8 Å². The molecule has 0 aliphatic carbocycles. The number of hydrogen-bond acceptors (Lipinski definition) is 5. The first-order valence-electron chi connectivity index (χ1n) is 11.1. The van der Waals surface area contributed by atoms with Crippen molar-refractivity contribution in [3.63, 3.8) is 0 Å². The number of piperazine rings is 1. The molecule has 0 spiro atoms. The molecule has 0 unspecified atom stereocenters. The Kier molecular flexibility index (Phi) is 7.57. The maximum Gasteiger partial charge on any atom is 0.416 e. The molecular weight excluding hydrogens is 485 g/mol. The summed E-state index contributed by atoms with van der Waals surface area (Å²) >= 11 is 7.76. The van der Waals surface area contributed by atoms with E-state index in [1.807, 2.05) is 24.9 Å². The van der Waals surface area contributed by atoms with Crippen LogP contribution >= 0.6 is 23.4 Å². The average molecular weight is 511 g/mol. The molecule has 10 heteroatoms. The van der Waals surface area contributed by atoms with Gasteiger partial charge in [0.15, 0.2) is 0 Å². The van der Waals surface area contributed by atoms with Crippen LogP contribution in [-0.2, 0) is 19.3 Å². The molecule has 0 amide bonds. The molecule has 34 heavy (non-hydrogen) atoms. The minimum absolute atomic E-state index is 0.0383. The smallest absolute Gasteiger partial charge is 0.304 e. The number of thioether (sulfide) groups is 1. The van der Waals surface area contributed by atoms with Gasteiger partial charge >= 0.3 is 6.18 Å². The summed E-state index contributed by atoms with van der Waals surface area (Å²) in [6.45, 7) is 5.36. The van der Waals surface area contributed by atoms with Crippen LogP contribution in [0.4, 0.5) is 13.2 Å². The van der Waals surface area contributed by atoms with Crippen LogP contribution in [0.3, 0.4) is 0 Å². The van der Waals surface area contributed by atoms with E-state index >= 15 is 0 Å². The van der Waals surface area contributed by atoms with Crippen LogP contribution < -0.4 is 5.56 Å². The minimum atomic E-state index is -4.57. The molecule has 1 aliphatic heterocycles. The van der Waals surface area contributed by atoms with E-state index in [1.165, 1.54) is 17.0 Å². The first kappa shape index (κ1) is 25.0. The van der Waals surface area contributed by atoms with Gasteiger partial charge in [-0.3, -0.25) is 14.3 Å². The van der Waals surface area contributed by atoms with Crippen LogP contribution in [0.2, 0.25) is 5.02 Å². The van der Waals surface area contributed by atoms with Gasteiger partial charge in [-0.2, -0.15) is 13.2 Å². The maximum absolute atomic E-state index is 14.0. The third kappa shape index (κ3) is 5.59. The summed E-state index contributed by atoms with van der Waals surface area (Å²) in [6.07, 6.45) is -3.17. The van der Waals surface area contributed by atoms with Crippen LogP contribution in [-0.4, -0.2) is 58.3 Å². The van der Waals surface area contributed by atoms with Gasteiger partial charge < -0.3 is 4.90 Å². The maximum atomic E-state index is 14.0. The normalized spacial score (nSPS) is 15.8. The van der Waals surface area contributed by atoms with Crippen molar-refractivity contribution in [3.8, 4) is 0 Å². The second-order valence-electron chi connectivity index (χ2n) is 8.47. The van der Waals surface area contributed by atoms with Crippen molar-refractivity contribution in [1.82, 2.24) is 19.4 Å². The number of halogens is 4. The van der Waals surface area contributed by atoms with E-state index in [4.69, 9.17) is 11.6 Å². The molecule has 0 atom stereocenters. The van der Waals surface area contributed by atoms with Crippen molar-refractivity contribution >= 4 is 34.3 Å². The van der Waals surface area contributed by atoms with Crippen molar-refractivity contribution in [2.45, 2.75) is 31.1 Å². The molecule has 182 valence electrons. The highest BCUT2D eigenvalue weighted by Gasteiger charge is 2.34. The lowest BCUT2D eigenvalue weighted by molar-refractivity contribution is -0.138. The van der Waals surface area contributed by atoms with Crippen LogP contribution in [0, 0.1) is 0 Å². The topological polar surface area (TPSA) is 41.4 Å². The summed E-state index contributed by atoms with van der Waals surface area (Å²) in [5, 5.41) is 0.494. The highest BCUT2D eigenvalue weighted by Crippen LogP contribution is 2.34. The van der Waals surface area contributed by atoms with Gasteiger partial charge in [0.2, 0.25) is 0 Å². The van der Waals surface area contributed by atoms with Crippen molar-refractivity contribution in [2.75, 3.05) is 39.0 Å². The largest absolute Gasteiger partial charge is 0.416 e. The Morgan fingerprint density at radius 3 is 2.47 bits per heavy atom. The molecule has 3 aromatic rings. The number of aromatic nitrogens is 2. The summed E-state index contributed by atoms with van der Waals surface area (Å²) < 4.78 is 43.3. The Bertz CT molecular complexity index is 1240. The third-order valence-corrected chi connectivity index (χ3v) is 7.24. The zero-order chi connectivity index (χ0) is 24.5. The van der Waals surface area contributed by atoms with E-state index in [-0.39, 0.29) is 29.6 Å². The van der Waals surface area contributed by atoms with Gasteiger partial charge in [0.05, 0.1) is 29.3 Å². The van der Waals surface area contributed by atoms with Gasteiger partial charge in [-0.25, -0.2) is 4.98 Å². The van der Waals surface area contributed by atoms with E-state index in [2.05, 4.69) is 9.88 Å². The molecule has 2 heterocycles. The van der Waals surface area contributed by atoms with Crippen molar-refractivity contribution < 1.29 is 13.2 Å². The summed E-state index contributed by atoms with van der Waals surface area (Å²) in [4.78, 5) is 22.7. The molecule has 2 aromatic carbocycles. The molecule has 1 fully saturated rings. The number of likely N-dealkylation sites (N-methyl/N-ethyl adjacent to an activating group) is 1. The van der Waals surface area contributed by atoms with E-state index in [1.54, 1.807) is 23.9 Å². The minimum Gasteiger partial charge on any atom is -0.304 e. The van der Waals surface area contributed by atoms with Crippen LogP contribution in [0.5, 0.6) is 0 Å². The lowest BCUT2D eigenvalue weighted by Crippen LogP contribution is -2.44. The number of hydrogen-bond donors (Lipinski definition) is 0. The zero-order valence-corrected chi connectivity index (χ0v) is 20.6. The predicted molar refractivity (Wildman–Crippen MR) is 131 cm³/mol. The number of nitrogens with zero attached hydrogens (tertiary/aromatic N) is 4. The lowest BCUT2D eigenvalue weighted by atomic mass is 10.0. The second-order valence-corrected chi connectivity index (χ2v) is 10.2. The van der Waals surface area contributed by atoms with Crippen molar-refractivity contribution in [2.24, 2.45) is 0 Å². The quantitative estimate of drug-likeness (QED) is 0.438. The molecule has 0 bridgehead atoms. The molecular formula is C24H26ClF3N4OS. The number of alkyl halides is 3. The Labute approximate surface area is 205 Å². The molecule has 0 radical (unpaired) electrons. The molecule has 4 rings (SSSR count). The van der Waals surface area contributed by atoms with Crippen LogP contribution in [0.15, 0.2) is 46.3 Å². The Morgan fingerprint density at radius 2 is 1.79 bits per heavy atom. The van der Waals surface area contributed by atoms with Gasteiger partial charge in [-0.05, 0) is 54.3 Å². The first-order chi connectivity index (χ1) is 16.2. The fourth-order valence-corrected chi connectivity index (χ4v) is 5.13. The first-order valence-corrected chi connectivity index (χ1v) is 12.4. The summed E-state index contributed by atoms with van der Waals surface area (Å²) in [7, 11) is 2.00. The fourth-order valence-electron chi connectivity index (χ4n) is 4.15. The monoisotopic (exact) mass is 510 g/mol. The highest BCUT2D eigenvalue weighted by atomic mass is 35.5. The van der Waals surface area contributed by atoms with E-state index in [0.717, 1.165) is 35.4 Å². The second kappa shape index (κ2) is 10.3. The summed E-state index contributed by atoms with van der Waals surface area (Å²) in [6, 6.07) is 7.82. The van der Waals surface area contributed by atoms with Gasteiger partial charge in [0, 0.05) is 42.6 Å². The van der Waals surface area contributed by atoms with Gasteiger partial charge in [0.25, 0.3) is 5.56 Å². The summed E-state index contributed by atoms with van der Waals surface area (Å²) in [5.41, 5.74) is -0.0433. The third-order valence-electron chi connectivity index (χ3n) is 6.01. The Balaban J connectivity index is 1.73. The molecule has 1 aliphatic rings. The van der Waals surface area contributed by atoms with E-state index in [0.29, 0.717) is 18.1 Å². The van der Waals surface area contributed by atoms with Crippen LogP contribution in [0.1, 0.15) is 23.6 Å². The van der Waals surface area contributed by atoms with Gasteiger partial charge in [-0.1, -0.05) is 18.5 Å². The molecule has 1 aromatic heterocycles. The standard InChI is InChI=1S/C24H26ClF3N4OS/c1-3-34-22-5-4-18(25)10-17(22)14-32-15-29-21-11-16(13-31-8-6-30(2)7-9-31)20(24(26,27)28)12-19(21)23(32)33/h4-5,10-12,15H,3,6-9,13-14H2,1-2H3. The van der Waals surface area contributed by atoms with Crippen molar-refractivity contribution in [3.05, 3.63) is 68.7 Å². The number of rotatable bonds is 6. The van der Waals surface area contributed by atoms with Crippen molar-refractivity contribution in [1.29, 1.82) is 0 Å². The molecule has 1 saturated heterocycles. The number of benzene rings is 2. The zero-order valence-electron chi connectivity index (χ0n) is 19.0. The number of fused-ring (bicyclic) bond motifs is 1.